The van der Waals surface area contributed by atoms with Crippen molar-refractivity contribution in [1.82, 2.24) is 19.7 Å². The van der Waals surface area contributed by atoms with Crippen molar-refractivity contribution in [2.24, 2.45) is 0 Å². The summed E-state index contributed by atoms with van der Waals surface area (Å²) in [6, 6.07) is 7.77. The van der Waals surface area contributed by atoms with E-state index < -0.39 is 0 Å². The van der Waals surface area contributed by atoms with Gasteiger partial charge in [0.05, 0.1) is 31.1 Å². The monoisotopic (exact) mass is 386 g/mol. The Morgan fingerprint density at radius 3 is 2.74 bits per heavy atom. The van der Waals surface area contributed by atoms with Crippen molar-refractivity contribution < 1.29 is 9.15 Å². The van der Waals surface area contributed by atoms with Crippen LogP contribution in [0.5, 0.6) is 0 Å². The van der Waals surface area contributed by atoms with E-state index in [0.717, 1.165) is 35.9 Å². The third kappa shape index (κ3) is 3.65. The first-order valence-electron chi connectivity index (χ1n) is 9.05. The highest BCUT2D eigenvalue weighted by Crippen LogP contribution is 2.29. The van der Waals surface area contributed by atoms with Crippen LogP contribution in [0.4, 0.5) is 0 Å². The van der Waals surface area contributed by atoms with Crippen molar-refractivity contribution in [2.75, 3.05) is 26.8 Å². The average Bonchev–Trinajstić information content (AvgIpc) is 3.22. The molecule has 1 atom stereocenters. The number of ether oxygens (including phenoxy) is 1. The largest absolute Gasteiger partial charge is 0.439 e. The molecule has 0 amide bonds. The second kappa shape index (κ2) is 7.46. The van der Waals surface area contributed by atoms with E-state index in [1.807, 2.05) is 28.9 Å². The van der Waals surface area contributed by atoms with Crippen LogP contribution in [0.2, 0.25) is 5.02 Å². The predicted octanol–water partition coefficient (Wildman–Crippen LogP) is 3.86. The first kappa shape index (κ1) is 18.2. The number of aromatic nitrogens is 3. The lowest BCUT2D eigenvalue weighted by Crippen LogP contribution is -2.37. The summed E-state index contributed by atoms with van der Waals surface area (Å²) in [5.41, 5.74) is 4.34. The molecule has 2 aromatic heterocycles. The summed E-state index contributed by atoms with van der Waals surface area (Å²) in [6.07, 6.45) is 1.74. The van der Waals surface area contributed by atoms with Crippen molar-refractivity contribution >= 4 is 11.6 Å². The van der Waals surface area contributed by atoms with Gasteiger partial charge in [-0.1, -0.05) is 11.6 Å². The Hall–Kier alpha value is -2.15. The second-order valence-electron chi connectivity index (χ2n) is 6.94. The first-order chi connectivity index (χ1) is 13.0. The quantitative estimate of drug-likeness (QED) is 0.681. The maximum Gasteiger partial charge on any atom is 0.216 e. The molecule has 1 aliphatic heterocycles. The molecule has 27 heavy (non-hydrogen) atoms. The number of likely N-dealkylation sites (N-methyl/N-ethyl adjacent to an activating group) is 1. The Morgan fingerprint density at radius 2 is 2.00 bits per heavy atom. The van der Waals surface area contributed by atoms with E-state index in [1.54, 1.807) is 6.20 Å². The van der Waals surface area contributed by atoms with E-state index in [4.69, 9.17) is 25.9 Å². The van der Waals surface area contributed by atoms with Gasteiger partial charge in [-0.05, 0) is 45.2 Å². The minimum atomic E-state index is 0.238. The predicted molar refractivity (Wildman–Crippen MR) is 104 cm³/mol. The van der Waals surface area contributed by atoms with Crippen LogP contribution in [0.3, 0.4) is 0 Å². The lowest BCUT2D eigenvalue weighted by molar-refractivity contribution is 0.00457. The fraction of sp³-hybridized carbons (Fsp3) is 0.400. The fourth-order valence-corrected chi connectivity index (χ4v) is 3.72. The topological polar surface area (TPSA) is 56.3 Å². The molecule has 0 spiro atoms. The van der Waals surface area contributed by atoms with Crippen LogP contribution in [0.25, 0.3) is 11.3 Å². The number of morpholine rings is 1. The Morgan fingerprint density at radius 1 is 1.22 bits per heavy atom. The summed E-state index contributed by atoms with van der Waals surface area (Å²) in [7, 11) is 2.13. The number of nitrogens with zero attached hydrogens (tertiary/aromatic N) is 4. The second-order valence-corrected chi connectivity index (χ2v) is 7.38. The van der Waals surface area contributed by atoms with E-state index >= 15 is 0 Å². The van der Waals surface area contributed by atoms with E-state index in [0.29, 0.717) is 24.1 Å². The number of halogens is 1. The molecule has 0 N–H and O–H groups in total. The third-order valence-corrected chi connectivity index (χ3v) is 5.39. The summed E-state index contributed by atoms with van der Waals surface area (Å²) < 4.78 is 13.6. The zero-order valence-electron chi connectivity index (χ0n) is 15.8. The van der Waals surface area contributed by atoms with Gasteiger partial charge >= 0.3 is 0 Å². The van der Waals surface area contributed by atoms with Crippen LogP contribution >= 0.6 is 11.6 Å². The maximum atomic E-state index is 5.95. The van der Waals surface area contributed by atoms with Crippen LogP contribution in [0.15, 0.2) is 34.9 Å². The molecule has 0 radical (unpaired) electrons. The van der Waals surface area contributed by atoms with E-state index in [-0.39, 0.29) is 6.04 Å². The molecule has 1 fully saturated rings. The van der Waals surface area contributed by atoms with Gasteiger partial charge in [0, 0.05) is 28.4 Å². The van der Waals surface area contributed by atoms with Gasteiger partial charge in [0.15, 0.2) is 5.76 Å². The van der Waals surface area contributed by atoms with Gasteiger partial charge in [-0.3, -0.25) is 9.58 Å². The SMILES string of the molecule is Cc1nn(Cc2ncc(-c3ccc(Cl)cc3)o2)c(C)c1C1COCCN1C. The van der Waals surface area contributed by atoms with Gasteiger partial charge in [-0.15, -0.1) is 0 Å². The normalized spacial score (nSPS) is 18.1. The summed E-state index contributed by atoms with van der Waals surface area (Å²) in [4.78, 5) is 6.75. The molecule has 0 bridgehead atoms. The van der Waals surface area contributed by atoms with Crippen LogP contribution in [0.1, 0.15) is 28.9 Å². The van der Waals surface area contributed by atoms with Crippen molar-refractivity contribution in [3.8, 4) is 11.3 Å². The number of hydrogen-bond donors (Lipinski definition) is 0. The fourth-order valence-electron chi connectivity index (χ4n) is 3.60. The molecule has 4 rings (SSSR count). The van der Waals surface area contributed by atoms with Gasteiger partial charge in [-0.25, -0.2) is 4.98 Å². The molecule has 0 aliphatic carbocycles. The Kier molecular flexibility index (Phi) is 5.04. The lowest BCUT2D eigenvalue weighted by atomic mass is 10.0. The highest BCUT2D eigenvalue weighted by atomic mass is 35.5. The molecule has 1 aliphatic rings. The van der Waals surface area contributed by atoms with Gasteiger partial charge in [0.25, 0.3) is 0 Å². The van der Waals surface area contributed by atoms with Gasteiger partial charge < -0.3 is 9.15 Å². The van der Waals surface area contributed by atoms with Crippen molar-refractivity contribution in [2.45, 2.75) is 26.4 Å². The van der Waals surface area contributed by atoms with Gasteiger partial charge in [-0.2, -0.15) is 5.10 Å². The minimum absolute atomic E-state index is 0.238. The number of hydrogen-bond acceptors (Lipinski definition) is 5. The van der Waals surface area contributed by atoms with Gasteiger partial charge in [0.1, 0.15) is 6.54 Å². The third-order valence-electron chi connectivity index (χ3n) is 5.13. The van der Waals surface area contributed by atoms with Crippen LogP contribution in [-0.4, -0.2) is 46.5 Å². The summed E-state index contributed by atoms with van der Waals surface area (Å²) in [6.45, 7) is 7.06. The average molecular weight is 387 g/mol. The zero-order valence-corrected chi connectivity index (χ0v) is 16.5. The first-order valence-corrected chi connectivity index (χ1v) is 9.43. The summed E-state index contributed by atoms with van der Waals surface area (Å²) in [5, 5.41) is 5.43. The smallest absolute Gasteiger partial charge is 0.216 e. The molecule has 142 valence electrons. The van der Waals surface area contributed by atoms with E-state index in [9.17, 15) is 0 Å². The number of rotatable bonds is 4. The maximum absolute atomic E-state index is 5.95. The van der Waals surface area contributed by atoms with E-state index in [1.165, 1.54) is 5.56 Å². The Bertz CT molecular complexity index is 932. The number of oxazole rings is 1. The number of benzene rings is 1. The summed E-state index contributed by atoms with van der Waals surface area (Å²) in [5.74, 6) is 1.36. The molecule has 3 aromatic rings. The van der Waals surface area contributed by atoms with Crippen LogP contribution in [0, 0.1) is 13.8 Å². The molecular formula is C20H23ClN4O2. The zero-order chi connectivity index (χ0) is 19.0. The molecule has 1 unspecified atom stereocenters. The molecule has 6 nitrogen and oxygen atoms in total. The Labute approximate surface area is 163 Å². The molecule has 3 heterocycles. The van der Waals surface area contributed by atoms with Crippen LogP contribution in [-0.2, 0) is 11.3 Å². The lowest BCUT2D eigenvalue weighted by Gasteiger charge is -2.32. The highest BCUT2D eigenvalue weighted by molar-refractivity contribution is 6.30. The molecule has 1 aromatic carbocycles. The van der Waals surface area contributed by atoms with Crippen molar-refractivity contribution in [3.05, 3.63) is 58.3 Å². The van der Waals surface area contributed by atoms with E-state index in [2.05, 4.69) is 30.8 Å². The van der Waals surface area contributed by atoms with Crippen LogP contribution < -0.4 is 0 Å². The Balaban J connectivity index is 1.57. The van der Waals surface area contributed by atoms with Gasteiger partial charge in [0.2, 0.25) is 5.89 Å². The summed E-state index contributed by atoms with van der Waals surface area (Å²) >= 11 is 5.95. The molecule has 1 saturated heterocycles. The van der Waals surface area contributed by atoms with Crippen molar-refractivity contribution in [1.29, 1.82) is 0 Å². The molecule has 7 heteroatoms. The molecule has 0 saturated carbocycles. The highest BCUT2D eigenvalue weighted by Gasteiger charge is 2.27. The number of aryl methyl sites for hydroxylation is 1. The minimum Gasteiger partial charge on any atom is -0.439 e. The van der Waals surface area contributed by atoms with Crippen molar-refractivity contribution in [3.63, 3.8) is 0 Å². The standard InChI is InChI=1S/C20H23ClN4O2/c1-13-20(17-12-26-9-8-24(17)3)14(2)25(23-13)11-19-22-10-18(27-19)15-4-6-16(21)7-5-15/h4-7,10,17H,8-9,11-12H2,1-3H3. The molecular weight excluding hydrogens is 364 g/mol.